The van der Waals surface area contributed by atoms with E-state index in [9.17, 15) is 5.26 Å². The van der Waals surface area contributed by atoms with Crippen LogP contribution in [0, 0.1) is 17.2 Å². The van der Waals surface area contributed by atoms with Crippen molar-refractivity contribution in [2.75, 3.05) is 31.6 Å². The summed E-state index contributed by atoms with van der Waals surface area (Å²) in [5.41, 5.74) is 6.34. The van der Waals surface area contributed by atoms with E-state index in [0.29, 0.717) is 0 Å². The van der Waals surface area contributed by atoms with Crippen LogP contribution in [0.5, 0.6) is 0 Å². The van der Waals surface area contributed by atoms with E-state index in [1.54, 1.807) is 0 Å². The normalized spacial score (nSPS) is 16.9. The molecule has 1 aliphatic carbocycles. The predicted octanol–water partition coefficient (Wildman–Crippen LogP) is 3.92. The topological polar surface area (TPSA) is 56.4 Å². The average Bonchev–Trinajstić information content (AvgIpc) is 3.32. The first-order chi connectivity index (χ1) is 13.3. The van der Waals surface area contributed by atoms with E-state index in [0.717, 1.165) is 67.1 Å². The zero-order valence-corrected chi connectivity index (χ0v) is 15.8. The summed E-state index contributed by atoms with van der Waals surface area (Å²) in [6, 6.07) is 10.8. The fraction of sp³-hybridized carbons (Fsp3) is 0.478. The van der Waals surface area contributed by atoms with Gasteiger partial charge in [-0.3, -0.25) is 4.40 Å². The second-order valence-corrected chi connectivity index (χ2v) is 7.87. The summed E-state index contributed by atoms with van der Waals surface area (Å²) in [5, 5.41) is 13.2. The monoisotopic (exact) mass is 375 g/mol. The number of hydrogen-bond donors (Lipinski definition) is 1. The van der Waals surface area contributed by atoms with Gasteiger partial charge in [0, 0.05) is 13.1 Å². The van der Waals surface area contributed by atoms with Crippen molar-refractivity contribution in [1.29, 1.82) is 5.26 Å². The molecule has 0 spiro atoms. The van der Waals surface area contributed by atoms with E-state index >= 15 is 0 Å². The van der Waals surface area contributed by atoms with Gasteiger partial charge in [-0.15, -0.1) is 0 Å². The molecule has 5 rings (SSSR count). The van der Waals surface area contributed by atoms with Gasteiger partial charge >= 0.3 is 0 Å². The number of nitriles is 1. The summed E-state index contributed by atoms with van der Waals surface area (Å²) in [6.07, 6.45) is 5.63. The van der Waals surface area contributed by atoms with Crippen molar-refractivity contribution in [2.45, 2.75) is 39.5 Å². The lowest BCUT2D eigenvalue weighted by Crippen LogP contribution is -2.38. The van der Waals surface area contributed by atoms with Crippen LogP contribution in [0.2, 0.25) is 0 Å². The Balaban J connectivity index is 0.00000192. The number of pyridine rings is 1. The number of rotatable bonds is 3. The minimum Gasteiger partial charge on any atom is -0.357 e. The van der Waals surface area contributed by atoms with Crippen molar-refractivity contribution in [3.63, 3.8) is 0 Å². The van der Waals surface area contributed by atoms with Gasteiger partial charge in [0.2, 0.25) is 0 Å². The van der Waals surface area contributed by atoms with Gasteiger partial charge in [0.25, 0.3) is 0 Å². The molecule has 0 amide bonds. The Bertz CT molecular complexity index is 1050. The Hall–Kier alpha value is -2.58. The summed E-state index contributed by atoms with van der Waals surface area (Å²) in [4.78, 5) is 7.42. The van der Waals surface area contributed by atoms with Crippen molar-refractivity contribution < 1.29 is 0 Å². The third-order valence-corrected chi connectivity index (χ3v) is 6.30. The molecule has 28 heavy (non-hydrogen) atoms. The Morgan fingerprint density at radius 3 is 2.68 bits per heavy atom. The van der Waals surface area contributed by atoms with Crippen LogP contribution in [0.15, 0.2) is 24.3 Å². The highest BCUT2D eigenvalue weighted by molar-refractivity contribution is 5.86. The first-order valence-corrected chi connectivity index (χ1v) is 10.1. The smallest absolute Gasteiger partial charge is 0.157 e. The molecule has 0 atom stereocenters. The van der Waals surface area contributed by atoms with E-state index in [-0.39, 0.29) is 7.43 Å². The molecule has 1 saturated heterocycles. The fourth-order valence-corrected chi connectivity index (χ4v) is 5.03. The Kier molecular flexibility index (Phi) is 4.99. The summed E-state index contributed by atoms with van der Waals surface area (Å²) >= 11 is 0. The average molecular weight is 376 g/mol. The molecule has 1 fully saturated rings. The van der Waals surface area contributed by atoms with Gasteiger partial charge in [0.1, 0.15) is 11.9 Å². The van der Waals surface area contributed by atoms with E-state index in [2.05, 4.69) is 38.9 Å². The van der Waals surface area contributed by atoms with Gasteiger partial charge < -0.3 is 10.2 Å². The van der Waals surface area contributed by atoms with E-state index < -0.39 is 0 Å². The summed E-state index contributed by atoms with van der Waals surface area (Å²) < 4.78 is 2.27. The first-order valence-electron chi connectivity index (χ1n) is 10.1. The van der Waals surface area contributed by atoms with Crippen molar-refractivity contribution in [1.82, 2.24) is 14.7 Å². The van der Waals surface area contributed by atoms with E-state index in [4.69, 9.17) is 4.98 Å². The summed E-state index contributed by atoms with van der Waals surface area (Å²) in [6.45, 7) is 3.25. The highest BCUT2D eigenvalue weighted by Gasteiger charge is 2.30. The van der Waals surface area contributed by atoms with Gasteiger partial charge in [0.15, 0.2) is 5.65 Å². The molecule has 3 heterocycles. The molecule has 2 aromatic heterocycles. The van der Waals surface area contributed by atoms with Crippen molar-refractivity contribution in [3.05, 3.63) is 41.0 Å². The number of aromatic nitrogens is 2. The van der Waals surface area contributed by atoms with Crippen LogP contribution in [0.4, 0.5) is 5.82 Å². The van der Waals surface area contributed by atoms with Crippen molar-refractivity contribution in [3.8, 4) is 6.07 Å². The van der Waals surface area contributed by atoms with Crippen LogP contribution in [0.3, 0.4) is 0 Å². The Labute approximate surface area is 167 Å². The van der Waals surface area contributed by atoms with Gasteiger partial charge in [0.05, 0.1) is 16.6 Å². The molecule has 5 nitrogen and oxygen atoms in total. The number of imidazole rings is 1. The predicted molar refractivity (Wildman–Crippen MR) is 115 cm³/mol. The molecule has 0 radical (unpaired) electrons. The molecular weight excluding hydrogens is 346 g/mol. The minimum absolute atomic E-state index is 0. The van der Waals surface area contributed by atoms with Gasteiger partial charge in [-0.2, -0.15) is 5.26 Å². The molecule has 0 bridgehead atoms. The number of hydrogen-bond acceptors (Lipinski definition) is 4. The number of benzene rings is 1. The maximum atomic E-state index is 9.90. The molecule has 146 valence electrons. The number of anilines is 1. The summed E-state index contributed by atoms with van der Waals surface area (Å²) in [5.74, 6) is 2.06. The Morgan fingerprint density at radius 2 is 1.93 bits per heavy atom. The van der Waals surface area contributed by atoms with Crippen LogP contribution >= 0.6 is 0 Å². The van der Waals surface area contributed by atoms with E-state index in [1.165, 1.54) is 29.8 Å². The number of nitrogens with zero attached hydrogens (tertiary/aromatic N) is 4. The first kappa shape index (κ1) is 18.8. The third kappa shape index (κ3) is 2.75. The molecule has 1 aromatic carbocycles. The van der Waals surface area contributed by atoms with Crippen LogP contribution in [0.1, 0.15) is 43.4 Å². The fourth-order valence-electron chi connectivity index (χ4n) is 5.03. The summed E-state index contributed by atoms with van der Waals surface area (Å²) in [7, 11) is 2.04. The van der Waals surface area contributed by atoms with Crippen LogP contribution < -0.4 is 10.2 Å². The van der Waals surface area contributed by atoms with Gasteiger partial charge in [-0.1, -0.05) is 19.6 Å². The zero-order chi connectivity index (χ0) is 18.4. The molecule has 1 N–H and O–H groups in total. The van der Waals surface area contributed by atoms with Crippen LogP contribution in [-0.2, 0) is 12.8 Å². The second-order valence-electron chi connectivity index (χ2n) is 7.87. The van der Waals surface area contributed by atoms with Crippen LogP contribution in [-0.4, -0.2) is 36.1 Å². The van der Waals surface area contributed by atoms with Crippen molar-refractivity contribution in [2.24, 2.45) is 5.92 Å². The standard InChI is InChI=1S/C22H25N5.CH4/c1-24-14-15-9-11-26(12-10-15)22-17-6-4-5-16(17)18(13-23)21-25-19-7-2-3-8-20(19)27(21)22;/h2-3,7-8,15,24H,4-6,9-12,14H2,1H3;1H4. The largest absolute Gasteiger partial charge is 0.357 e. The number of fused-ring (bicyclic) bond motifs is 4. The molecular formula is C23H29N5. The van der Waals surface area contributed by atoms with Crippen molar-refractivity contribution >= 4 is 22.5 Å². The lowest BCUT2D eigenvalue weighted by Gasteiger charge is -2.35. The molecule has 5 heteroatoms. The molecule has 0 unspecified atom stereocenters. The van der Waals surface area contributed by atoms with E-state index in [1.807, 2.05) is 13.1 Å². The third-order valence-electron chi connectivity index (χ3n) is 6.30. The zero-order valence-electron chi connectivity index (χ0n) is 15.8. The number of nitrogens with one attached hydrogen (secondary N) is 1. The lowest BCUT2D eigenvalue weighted by atomic mass is 9.96. The maximum absolute atomic E-state index is 9.90. The van der Waals surface area contributed by atoms with Gasteiger partial charge in [-0.05, 0) is 74.9 Å². The maximum Gasteiger partial charge on any atom is 0.157 e. The highest BCUT2D eigenvalue weighted by Crippen LogP contribution is 2.39. The van der Waals surface area contributed by atoms with Crippen LogP contribution in [0.25, 0.3) is 16.7 Å². The molecule has 3 aromatic rings. The quantitative estimate of drug-likeness (QED) is 0.754. The minimum atomic E-state index is 0. The number of piperidine rings is 1. The molecule has 0 saturated carbocycles. The highest BCUT2D eigenvalue weighted by atomic mass is 15.2. The molecule has 1 aliphatic heterocycles. The SMILES string of the molecule is C.CNCC1CCN(c2c3c(c(C#N)c4nc5ccccc5n24)CCC3)CC1. The molecule has 2 aliphatic rings. The number of para-hydroxylation sites is 2. The Morgan fingerprint density at radius 1 is 1.18 bits per heavy atom. The lowest BCUT2D eigenvalue weighted by molar-refractivity contribution is 0.391. The van der Waals surface area contributed by atoms with Gasteiger partial charge in [-0.25, -0.2) is 4.98 Å². The second kappa shape index (κ2) is 7.44.